The van der Waals surface area contributed by atoms with Crippen LogP contribution in [0.5, 0.6) is 0 Å². The molecule has 3 aromatic carbocycles. The number of ketones is 1. The number of benzene rings is 3. The highest BCUT2D eigenvalue weighted by atomic mass is 19.1. The van der Waals surface area contributed by atoms with Gasteiger partial charge in [-0.2, -0.15) is 0 Å². The topological polar surface area (TPSA) is 114 Å². The van der Waals surface area contributed by atoms with Crippen LogP contribution in [0, 0.1) is 11.6 Å². The van der Waals surface area contributed by atoms with Gasteiger partial charge in [0, 0.05) is 12.1 Å². The number of hydrogen-bond donors (Lipinski definition) is 3. The summed E-state index contributed by atoms with van der Waals surface area (Å²) in [5.41, 5.74) is 7.41. The first-order chi connectivity index (χ1) is 18.2. The fraction of sp³-hybridized carbons (Fsp3) is 0.138. The van der Waals surface area contributed by atoms with Crippen molar-refractivity contribution in [2.75, 3.05) is 12.3 Å². The van der Waals surface area contributed by atoms with E-state index < -0.39 is 35.0 Å². The number of carboxylic acids is 1. The number of halogens is 2. The van der Waals surface area contributed by atoms with Crippen molar-refractivity contribution in [1.29, 1.82) is 0 Å². The number of carboxylic acid groups (broad SMARTS) is 1. The molecule has 0 saturated carbocycles. The second kappa shape index (κ2) is 11.6. The number of aromatic nitrogens is 1. The lowest BCUT2D eigenvalue weighted by atomic mass is 10.0. The van der Waals surface area contributed by atoms with E-state index in [0.717, 1.165) is 33.9 Å². The van der Waals surface area contributed by atoms with Crippen LogP contribution < -0.4 is 16.6 Å². The van der Waals surface area contributed by atoms with Crippen LogP contribution in [-0.2, 0) is 17.6 Å². The summed E-state index contributed by atoms with van der Waals surface area (Å²) in [5, 5.41) is 12.6. The number of hydrogen-bond acceptors (Lipinski definition) is 5. The summed E-state index contributed by atoms with van der Waals surface area (Å²) in [5.74, 6) is -3.74. The second-order valence-electron chi connectivity index (χ2n) is 8.71. The smallest absolute Gasteiger partial charge is 0.321 e. The van der Waals surface area contributed by atoms with Crippen LogP contribution in [0.15, 0.2) is 89.7 Å². The van der Waals surface area contributed by atoms with E-state index in [0.29, 0.717) is 31.1 Å². The van der Waals surface area contributed by atoms with E-state index in [4.69, 9.17) is 5.73 Å². The Morgan fingerprint density at radius 2 is 1.58 bits per heavy atom. The first-order valence-electron chi connectivity index (χ1n) is 11.9. The fourth-order valence-corrected chi connectivity index (χ4v) is 4.13. The van der Waals surface area contributed by atoms with Gasteiger partial charge in [0.25, 0.3) is 5.56 Å². The maximum Gasteiger partial charge on any atom is 0.321 e. The third-order valence-electron chi connectivity index (χ3n) is 6.13. The van der Waals surface area contributed by atoms with Gasteiger partial charge >= 0.3 is 5.97 Å². The van der Waals surface area contributed by atoms with Gasteiger partial charge in [0.05, 0.1) is 16.8 Å². The minimum Gasteiger partial charge on any atom is -0.480 e. The first-order valence-corrected chi connectivity index (χ1v) is 11.9. The van der Waals surface area contributed by atoms with Crippen LogP contribution in [0.4, 0.5) is 14.6 Å². The van der Waals surface area contributed by atoms with Crippen molar-refractivity contribution in [2.24, 2.45) is 0 Å². The van der Waals surface area contributed by atoms with E-state index in [1.165, 1.54) is 6.07 Å². The largest absolute Gasteiger partial charge is 0.480 e. The third-order valence-corrected chi connectivity index (χ3v) is 6.13. The Morgan fingerprint density at radius 3 is 2.24 bits per heavy atom. The normalized spacial score (nSPS) is 11.7. The summed E-state index contributed by atoms with van der Waals surface area (Å²) in [6.07, 6.45) is 0.889. The lowest BCUT2D eigenvalue weighted by molar-refractivity contribution is -0.139. The molecule has 7 nitrogen and oxygen atoms in total. The molecule has 4 aromatic rings. The van der Waals surface area contributed by atoms with Gasteiger partial charge in [-0.05, 0) is 60.8 Å². The molecular formula is C29H25F2N3O4. The molecule has 0 aliphatic rings. The van der Waals surface area contributed by atoms with Gasteiger partial charge in [0.2, 0.25) is 0 Å². The van der Waals surface area contributed by atoms with E-state index >= 15 is 0 Å². The number of rotatable bonds is 10. The van der Waals surface area contributed by atoms with Crippen molar-refractivity contribution in [3.8, 4) is 5.69 Å². The van der Waals surface area contributed by atoms with E-state index in [1.807, 2.05) is 30.3 Å². The number of anilines is 1. The molecule has 0 saturated heterocycles. The molecule has 0 aliphatic carbocycles. The predicted octanol–water partition coefficient (Wildman–Crippen LogP) is 3.76. The molecule has 0 unspecified atom stereocenters. The third kappa shape index (κ3) is 6.01. The molecule has 194 valence electrons. The van der Waals surface area contributed by atoms with Gasteiger partial charge in [-0.15, -0.1) is 0 Å². The molecule has 1 aromatic heterocycles. The molecule has 0 radical (unpaired) electrons. The van der Waals surface area contributed by atoms with E-state index in [9.17, 15) is 28.3 Å². The molecule has 1 atom stereocenters. The van der Waals surface area contributed by atoms with Crippen LogP contribution in [0.1, 0.15) is 27.0 Å². The zero-order chi connectivity index (χ0) is 27.2. The lowest BCUT2D eigenvalue weighted by Crippen LogP contribution is -2.39. The summed E-state index contributed by atoms with van der Waals surface area (Å²) < 4.78 is 28.6. The monoisotopic (exact) mass is 517 g/mol. The number of nitrogen functional groups attached to an aromatic ring is 1. The maximum absolute atomic E-state index is 14.2. The van der Waals surface area contributed by atoms with Crippen molar-refractivity contribution >= 4 is 17.6 Å². The molecule has 38 heavy (non-hydrogen) atoms. The lowest BCUT2D eigenvalue weighted by Gasteiger charge is -2.15. The van der Waals surface area contributed by atoms with E-state index in [1.54, 1.807) is 24.3 Å². The van der Waals surface area contributed by atoms with Crippen LogP contribution in [0.3, 0.4) is 0 Å². The van der Waals surface area contributed by atoms with Gasteiger partial charge in [-0.1, -0.05) is 42.5 Å². The second-order valence-corrected chi connectivity index (χ2v) is 8.71. The summed E-state index contributed by atoms with van der Waals surface area (Å²) in [6, 6.07) is 20.4. The van der Waals surface area contributed by atoms with Gasteiger partial charge in [0.15, 0.2) is 5.78 Å². The number of pyridine rings is 1. The van der Waals surface area contributed by atoms with Crippen molar-refractivity contribution in [1.82, 2.24) is 9.88 Å². The number of carbonyl (C=O) groups excluding carboxylic acids is 1. The van der Waals surface area contributed by atoms with Crippen LogP contribution in [0.25, 0.3) is 5.69 Å². The summed E-state index contributed by atoms with van der Waals surface area (Å²) in [4.78, 5) is 37.1. The molecule has 0 aliphatic heterocycles. The number of nitrogens with one attached hydrogen (secondary N) is 1. The first kappa shape index (κ1) is 26.4. The van der Waals surface area contributed by atoms with Crippen molar-refractivity contribution in [3.05, 3.63) is 129 Å². The van der Waals surface area contributed by atoms with Crippen molar-refractivity contribution in [3.63, 3.8) is 0 Å². The summed E-state index contributed by atoms with van der Waals surface area (Å²) >= 11 is 0. The van der Waals surface area contributed by atoms with Gasteiger partial charge in [-0.3, -0.25) is 19.0 Å². The van der Waals surface area contributed by atoms with Crippen molar-refractivity contribution < 1.29 is 23.5 Å². The quantitative estimate of drug-likeness (QED) is 0.276. The Hall–Kier alpha value is -4.63. The van der Waals surface area contributed by atoms with Gasteiger partial charge < -0.3 is 16.2 Å². The Kier molecular flexibility index (Phi) is 8.08. The molecule has 4 rings (SSSR count). The van der Waals surface area contributed by atoms with Crippen molar-refractivity contribution in [2.45, 2.75) is 18.9 Å². The van der Waals surface area contributed by atoms with E-state index in [-0.39, 0.29) is 16.9 Å². The number of nitrogens with zero attached hydrogens (tertiary/aromatic N) is 1. The van der Waals surface area contributed by atoms with Gasteiger partial charge in [-0.25, -0.2) is 8.78 Å². The SMILES string of the molecule is Nc1c(C(=O)c2ccc(F)cc2F)ccc(=O)n1-c1ccc(CCN[C@@H](Cc2ccccc2)C(=O)O)cc1. The zero-order valence-electron chi connectivity index (χ0n) is 20.2. The number of aliphatic carboxylic acids is 1. The number of carbonyl (C=O) groups is 2. The Labute approximate surface area is 217 Å². The summed E-state index contributed by atoms with van der Waals surface area (Å²) in [7, 11) is 0. The molecule has 0 fully saturated rings. The van der Waals surface area contributed by atoms with Crippen LogP contribution >= 0.6 is 0 Å². The Morgan fingerprint density at radius 1 is 0.895 bits per heavy atom. The molecule has 0 spiro atoms. The van der Waals surface area contributed by atoms with Crippen LogP contribution in [0.2, 0.25) is 0 Å². The highest BCUT2D eigenvalue weighted by molar-refractivity contribution is 6.11. The Balaban J connectivity index is 1.48. The zero-order valence-corrected chi connectivity index (χ0v) is 20.2. The fourth-order valence-electron chi connectivity index (χ4n) is 4.13. The minimum atomic E-state index is -1.03. The standard InChI is InChI=1S/C29H25F2N3O4/c30-20-8-11-22(24(31)17-20)27(36)23-12-13-26(35)34(28(23)32)21-9-6-18(7-10-21)14-15-33-25(29(37)38)16-19-4-2-1-3-5-19/h1-13,17,25,33H,14-16,32H2,(H,37,38)/t25-/m0/s1. The summed E-state index contributed by atoms with van der Waals surface area (Å²) in [6.45, 7) is 0.415. The molecule has 1 heterocycles. The molecule has 9 heteroatoms. The number of nitrogens with two attached hydrogens (primary N) is 1. The molecule has 0 amide bonds. The Bertz CT molecular complexity index is 1520. The van der Waals surface area contributed by atoms with E-state index in [2.05, 4.69) is 5.32 Å². The molecular weight excluding hydrogens is 492 g/mol. The van der Waals surface area contributed by atoms with Gasteiger partial charge in [0.1, 0.15) is 23.5 Å². The molecule has 4 N–H and O–H groups in total. The molecule has 0 bridgehead atoms. The minimum absolute atomic E-state index is 0.0958. The maximum atomic E-state index is 14.2. The van der Waals surface area contributed by atoms with Crippen LogP contribution in [-0.4, -0.2) is 34.0 Å². The highest BCUT2D eigenvalue weighted by Crippen LogP contribution is 2.21. The average Bonchev–Trinajstić information content (AvgIpc) is 2.89. The average molecular weight is 518 g/mol. The highest BCUT2D eigenvalue weighted by Gasteiger charge is 2.20. The predicted molar refractivity (Wildman–Crippen MR) is 140 cm³/mol.